The minimum Gasteiger partial charge on any atom is -0.476 e. The van der Waals surface area contributed by atoms with Crippen LogP contribution in [-0.2, 0) is 66.7 Å². The second kappa shape index (κ2) is 61.2. The smallest absolute Gasteiger partial charge is 0.476 e. The van der Waals surface area contributed by atoms with Crippen molar-refractivity contribution in [1.29, 1.82) is 0 Å². The van der Waals surface area contributed by atoms with Gasteiger partial charge in [0, 0.05) is 12.3 Å². The molecule has 10 aromatic rings. The molecule has 0 radical (unpaired) electrons. The molecule has 0 saturated carbocycles. The first-order valence-electron chi connectivity index (χ1n) is 46.5. The van der Waals surface area contributed by atoms with Crippen LogP contribution in [0.25, 0.3) is 22.1 Å². The summed E-state index contributed by atoms with van der Waals surface area (Å²) in [6, 6.07) is 10.9. The Balaban J connectivity index is 0.000000191. The maximum Gasteiger partial charge on any atom is 0.522 e. The molecule has 17 rings (SSSR count). The Morgan fingerprint density at radius 3 is 1.31 bits per heavy atom. The standard InChI is InChI=1S/C20H20F3N5O5.C11H15F3N2O3S.C10H14F3N3O3S.C10H8N2O2.C9H14N2O3S2.C9H14N2OS2.C8H12N2OS2.C7H14N2O2.C3H5F3O2/c1-11-2-4-13-14(8-11)24-9-15(26-13)17(29)25-12-3-5-16(31-10-12)18-27-28-19(33-18)30-6-7-32-20(21,22)23;1-7-2-3-8(18-6-7)9-15-16-10(20-9)17-4-5-19-11(12,13)14;11-10(12,13)19-4-3-17-9-16-15-8(20-9)7-2-1-6(14)5-18-7;1-6-2-3-7-8(4-6)11-5-9(12-7)10(13)14;1-6-3-4-7(14-5-6)8-10-11-9(15-8)16(2,12)13;1-6-3-4-7(12-5-6)8-10-11-9(13-2)14-8;1-5-2-3-6(11-4-5)7-9-10-8(12)13-7;1-5-2-3-6(11-4-5)7(10)9-8;4-3(5,6)8-2-1-7/h2,4,8-9,12,16H,3,5-7,10H2,1H3,(H,25,29);7-8H,2-6H2,1H3;6-7H,1-5,14H2;2-5H,1H3,(H,13,14);6-7H,3-5H2,1-2H3;6-7H,3-5H2,1-2H3;5-6H,2-4H2,1H3,(H,10,12);5-6H,2-4,8H2,1H3,(H,9,10);7H,1-2H2/t12-,16+;7-,8+;6-,7+;;2*6-,7+;2*5-,6+;/m111.1111./s1. The van der Waals surface area contributed by atoms with Gasteiger partial charge in [-0.3, -0.25) is 49.0 Å². The van der Waals surface area contributed by atoms with Crippen molar-refractivity contribution >= 4 is 130 Å². The van der Waals surface area contributed by atoms with Crippen molar-refractivity contribution in [2.24, 2.45) is 41.2 Å². The summed E-state index contributed by atoms with van der Waals surface area (Å²) in [5.41, 5.74) is 12.8. The van der Waals surface area contributed by atoms with Gasteiger partial charge in [0.2, 0.25) is 20.1 Å². The fourth-order valence-electron chi connectivity index (χ4n) is 13.8. The maximum atomic E-state index is 12.6. The van der Waals surface area contributed by atoms with Gasteiger partial charge in [-0.25, -0.2) is 29.0 Å². The zero-order valence-corrected chi connectivity index (χ0v) is 88.5. The van der Waals surface area contributed by atoms with E-state index in [1.54, 1.807) is 29.2 Å². The molecule has 62 heteroatoms. The topological polar surface area (TPSA) is 553 Å². The van der Waals surface area contributed by atoms with Crippen molar-refractivity contribution in [3.05, 3.63) is 106 Å². The molecule has 2 amide bonds. The van der Waals surface area contributed by atoms with E-state index in [-0.39, 0.29) is 118 Å². The second-order valence-corrected chi connectivity index (χ2v) is 43.4. The number of amides is 2. The average molecular weight is 2280 g/mol. The van der Waals surface area contributed by atoms with E-state index in [4.69, 9.17) is 85.8 Å². The van der Waals surface area contributed by atoms with Gasteiger partial charge >= 0.3 is 37.5 Å². The highest BCUT2D eigenvalue weighted by molar-refractivity contribution is 8.00. The van der Waals surface area contributed by atoms with Gasteiger partial charge in [-0.15, -0.1) is 88.4 Å². The molecule has 0 bridgehead atoms. The molecular weight excluding hydrogens is 2160 g/mol. The summed E-state index contributed by atoms with van der Waals surface area (Å²) < 4.78 is 237. The number of nitrogens with zero attached hydrogens (tertiary/aromatic N) is 15. The van der Waals surface area contributed by atoms with Crippen molar-refractivity contribution in [3.63, 3.8) is 0 Å². The van der Waals surface area contributed by atoms with Crippen molar-refractivity contribution < 1.29 is 156 Å². The van der Waals surface area contributed by atoms with E-state index in [1.165, 1.54) is 47.9 Å². The lowest BCUT2D eigenvalue weighted by Gasteiger charge is -2.27. The van der Waals surface area contributed by atoms with Crippen molar-refractivity contribution in [2.75, 3.05) is 112 Å². The number of benzene rings is 2. The Labute approximate surface area is 876 Å². The predicted octanol–water partition coefficient (Wildman–Crippen LogP) is 16.3. The van der Waals surface area contributed by atoms with Crippen molar-refractivity contribution in [1.82, 2.24) is 91.9 Å². The predicted molar refractivity (Wildman–Crippen MR) is 517 cm³/mol. The van der Waals surface area contributed by atoms with Crippen LogP contribution in [0.5, 0.6) is 16.5 Å². The summed E-state index contributed by atoms with van der Waals surface area (Å²) in [5.74, 6) is 6.53. The van der Waals surface area contributed by atoms with Crippen LogP contribution in [0.3, 0.4) is 0 Å². The Morgan fingerprint density at radius 1 is 0.490 bits per heavy atom. The number of carboxylic acids is 1. The fraction of sp³-hybridized carbons (Fsp3) is 0.644. The Morgan fingerprint density at radius 2 is 0.913 bits per heavy atom. The number of H-pyrrole nitrogens is 1. The minimum atomic E-state index is -4.73. The number of aromatic nitrogens is 16. The molecule has 7 aliphatic heterocycles. The molecule has 7 aliphatic rings. The summed E-state index contributed by atoms with van der Waals surface area (Å²) in [4.78, 5) is 50.7. The Hall–Kier alpha value is -9.01. The van der Waals surface area contributed by atoms with Gasteiger partial charge in [0.15, 0.2) is 14.0 Å². The number of carbonyl (C=O) groups is 3. The molecule has 9 N–H and O–H groups in total. The normalized spacial score (nSPS) is 22.6. The van der Waals surface area contributed by atoms with E-state index in [1.807, 2.05) is 50.4 Å². The van der Waals surface area contributed by atoms with Crippen LogP contribution in [0.4, 0.5) is 52.7 Å². The Kier molecular flexibility index (Phi) is 50.7. The van der Waals surface area contributed by atoms with Crippen LogP contribution in [0.2, 0.25) is 0 Å². The lowest BCUT2D eigenvalue weighted by Crippen LogP contribution is -2.43. The number of fused-ring (bicyclic) bond motifs is 2. The first-order chi connectivity index (χ1) is 70.6. The number of rotatable bonds is 26. The van der Waals surface area contributed by atoms with Crippen LogP contribution in [0.15, 0.2) is 61.9 Å². The summed E-state index contributed by atoms with van der Waals surface area (Å²) in [6.07, 6.45) is -0.887. The van der Waals surface area contributed by atoms with Gasteiger partial charge < -0.3 is 73.0 Å². The van der Waals surface area contributed by atoms with Gasteiger partial charge in [0.25, 0.3) is 22.2 Å². The third-order valence-corrected chi connectivity index (χ3v) is 29.2. The highest BCUT2D eigenvalue weighted by atomic mass is 32.2. The average Bonchev–Trinajstić information content (AvgIpc) is 1.80. The largest absolute Gasteiger partial charge is 0.522 e. The highest BCUT2D eigenvalue weighted by Gasteiger charge is 2.36. The molecule has 0 unspecified atom stereocenters. The first kappa shape index (κ1) is 123. The minimum absolute atomic E-state index is 0.0265. The van der Waals surface area contributed by atoms with Crippen LogP contribution in [0.1, 0.15) is 224 Å². The number of aromatic amines is 1. The summed E-state index contributed by atoms with van der Waals surface area (Å²) >= 11 is 13.2. The van der Waals surface area contributed by atoms with E-state index < -0.39 is 87.0 Å². The Bertz CT molecular complexity index is 5750. The third kappa shape index (κ3) is 46.1. The van der Waals surface area contributed by atoms with Gasteiger partial charge in [0.05, 0.1) is 120 Å². The van der Waals surface area contributed by atoms with Gasteiger partial charge in [0.1, 0.15) is 93.3 Å². The number of sulfone groups is 1. The monoisotopic (exact) mass is 2280 g/mol. The molecule has 42 nitrogen and oxygen atoms in total. The summed E-state index contributed by atoms with van der Waals surface area (Å²) in [6.45, 7) is 15.1. The number of hydrazine groups is 1. The zero-order valence-electron chi connectivity index (χ0n) is 81.9. The number of hydrogen-bond donors (Lipinski definition) is 7. The maximum absolute atomic E-state index is 12.6. The molecular formula is C87H116F12N20O22S8. The zero-order chi connectivity index (χ0) is 109. The molecule has 15 heterocycles. The molecule has 149 heavy (non-hydrogen) atoms. The quantitative estimate of drug-likeness (QED) is 0.00503. The summed E-state index contributed by atoms with van der Waals surface area (Å²) in [5, 5.41) is 69.4. The van der Waals surface area contributed by atoms with E-state index in [2.05, 4.69) is 145 Å². The number of carboxylic acid groups (broad SMARTS) is 1. The van der Waals surface area contributed by atoms with Crippen molar-refractivity contribution in [3.8, 4) is 16.5 Å². The number of alkyl halides is 12. The number of aromatic carboxylic acids is 1. The number of hydrogen-bond acceptors (Lipinski definition) is 45. The van der Waals surface area contributed by atoms with E-state index in [0.717, 1.165) is 141 Å². The number of thioether (sulfide) groups is 1. The lowest BCUT2D eigenvalue weighted by atomic mass is 10.0. The van der Waals surface area contributed by atoms with E-state index >= 15 is 0 Å². The van der Waals surface area contributed by atoms with Crippen LogP contribution in [-0.4, -0.2) is 273 Å². The van der Waals surface area contributed by atoms with Gasteiger partial charge in [-0.05, 0) is 187 Å². The number of aliphatic hydroxyl groups is 1. The molecule has 14 atom stereocenters. The lowest BCUT2D eigenvalue weighted by molar-refractivity contribution is -0.327. The van der Waals surface area contributed by atoms with Crippen LogP contribution < -0.4 is 36.5 Å². The molecule has 2 aromatic carbocycles. The van der Waals surface area contributed by atoms with Crippen LogP contribution >= 0.6 is 80.7 Å². The first-order valence-corrected chi connectivity index (χ1v) is 54.1. The molecule has 7 fully saturated rings. The van der Waals surface area contributed by atoms with Gasteiger partial charge in [-0.2, -0.15) is 5.10 Å². The molecule has 7 saturated heterocycles. The van der Waals surface area contributed by atoms with Gasteiger partial charge in [-0.1, -0.05) is 130 Å². The fourth-order valence-corrected chi connectivity index (χ4v) is 19.5. The SMILES string of the molecule is CSc1nnc([C@@H]2CC[C@@H](C)CO2)s1.C[C@@H]1CC[C@@H](C(=O)NN)OC1.C[C@@H]1CC[C@@H](c2n[nH]c(=S)s2)OC1.C[C@@H]1CC[C@@H](c2nnc(OCCOC(F)(F)F)s2)OC1.C[C@@H]1CC[C@@H](c2nnc(S(C)(=O)=O)s2)OC1.Cc1ccc2nc(C(=O)N[C@@H]3CC[C@@H](c4nnc(OCCOC(F)(F)F)o4)OC3)cnc2c1.Cc1ccc2nc(C(=O)O)cnc2c1.N[C@@H]1CC[C@@H](c2nnc(OCCOC(F)(F)F)s2)OC1.OCCOC(F)(F)F. The number of aliphatic hydroxyl groups excluding tert-OH is 1. The summed E-state index contributed by atoms with van der Waals surface area (Å²) in [7, 11) is -3.24. The molecule has 8 aromatic heterocycles. The number of halogens is 12. The van der Waals surface area contributed by atoms with E-state index in [9.17, 15) is 75.5 Å². The highest BCUT2D eigenvalue weighted by Crippen LogP contribution is 2.40. The third-order valence-electron chi connectivity index (χ3n) is 21.5. The number of nitrogens with two attached hydrogens (primary N) is 2. The number of carbonyl (C=O) groups excluding carboxylic acids is 2. The molecule has 828 valence electrons. The second-order valence-electron chi connectivity index (χ2n) is 34.5. The van der Waals surface area contributed by atoms with Crippen molar-refractivity contribution in [2.45, 2.75) is 227 Å². The number of aryl methyl sites for hydroxylation is 2. The van der Waals surface area contributed by atoms with Crippen LogP contribution in [0, 0.1) is 47.4 Å². The number of ether oxygens (including phenoxy) is 14. The molecule has 0 spiro atoms. The van der Waals surface area contributed by atoms with E-state index in [0.29, 0.717) is 100 Å². The number of nitrogens with one attached hydrogen (secondary N) is 3. The molecule has 0 aliphatic carbocycles.